The Morgan fingerprint density at radius 3 is 2.94 bits per heavy atom. The molecule has 2 unspecified atom stereocenters. The summed E-state index contributed by atoms with van der Waals surface area (Å²) in [6.45, 7) is 7.31. The van der Waals surface area contributed by atoms with Gasteiger partial charge in [0.25, 0.3) is 5.91 Å². The van der Waals surface area contributed by atoms with Crippen molar-refractivity contribution in [2.75, 3.05) is 18.9 Å². The highest BCUT2D eigenvalue weighted by Crippen LogP contribution is 2.26. The summed E-state index contributed by atoms with van der Waals surface area (Å²) < 4.78 is 5.61. The third-order valence-electron chi connectivity index (χ3n) is 3.37. The van der Waals surface area contributed by atoms with E-state index < -0.39 is 0 Å². The fourth-order valence-electron chi connectivity index (χ4n) is 2.17. The highest BCUT2D eigenvalue weighted by atomic mass is 32.1. The van der Waals surface area contributed by atoms with E-state index in [1.807, 2.05) is 18.7 Å². The number of nitrogen functional groups attached to an aromatic ring is 1. The third kappa shape index (κ3) is 2.52. The average molecular weight is 268 g/mol. The minimum atomic E-state index is 0.0850. The van der Waals surface area contributed by atoms with E-state index in [1.54, 1.807) is 6.07 Å². The van der Waals surface area contributed by atoms with Gasteiger partial charge in [0.2, 0.25) is 0 Å². The van der Waals surface area contributed by atoms with E-state index in [2.05, 4.69) is 6.92 Å². The Labute approximate surface area is 112 Å². The summed E-state index contributed by atoms with van der Waals surface area (Å²) in [6, 6.07) is 1.96. The van der Waals surface area contributed by atoms with Crippen LogP contribution in [0, 0.1) is 6.92 Å². The number of amides is 1. The highest BCUT2D eigenvalue weighted by Gasteiger charge is 2.30. The summed E-state index contributed by atoms with van der Waals surface area (Å²) in [6.07, 6.45) is 1.02. The molecule has 2 N–H and O–H groups in total. The number of hydrogen-bond acceptors (Lipinski definition) is 4. The SMILES string of the molecule is CCC1COC(C)CN1C(=O)c1cc(N)c(C)s1. The van der Waals surface area contributed by atoms with Gasteiger partial charge in [-0.1, -0.05) is 6.92 Å². The highest BCUT2D eigenvalue weighted by molar-refractivity contribution is 7.14. The van der Waals surface area contributed by atoms with Gasteiger partial charge in [-0.05, 0) is 26.3 Å². The van der Waals surface area contributed by atoms with Crippen LogP contribution in [0.3, 0.4) is 0 Å². The van der Waals surface area contributed by atoms with E-state index in [4.69, 9.17) is 10.5 Å². The van der Waals surface area contributed by atoms with Gasteiger partial charge < -0.3 is 15.4 Å². The third-order valence-corrected chi connectivity index (χ3v) is 4.42. The number of nitrogens with two attached hydrogens (primary N) is 1. The molecule has 0 aromatic carbocycles. The fourth-order valence-corrected chi connectivity index (χ4v) is 3.07. The maximum Gasteiger partial charge on any atom is 0.264 e. The number of thiophene rings is 1. The van der Waals surface area contributed by atoms with E-state index in [0.29, 0.717) is 18.8 Å². The number of carbonyl (C=O) groups is 1. The number of morpholine rings is 1. The molecule has 100 valence electrons. The molecule has 2 heterocycles. The molecule has 0 radical (unpaired) electrons. The average Bonchev–Trinajstić information content (AvgIpc) is 2.68. The predicted molar refractivity (Wildman–Crippen MR) is 74.0 cm³/mol. The van der Waals surface area contributed by atoms with Crippen molar-refractivity contribution in [3.05, 3.63) is 15.8 Å². The van der Waals surface area contributed by atoms with Crippen molar-refractivity contribution in [1.82, 2.24) is 4.90 Å². The molecule has 0 aliphatic carbocycles. The van der Waals surface area contributed by atoms with Crippen molar-refractivity contribution in [1.29, 1.82) is 0 Å². The number of aryl methyl sites for hydroxylation is 1. The van der Waals surface area contributed by atoms with Gasteiger partial charge >= 0.3 is 0 Å². The van der Waals surface area contributed by atoms with Crippen LogP contribution < -0.4 is 5.73 Å². The molecule has 0 spiro atoms. The summed E-state index contributed by atoms with van der Waals surface area (Å²) in [5.74, 6) is 0.0850. The standard InChI is InChI=1S/C13H20N2O2S/c1-4-10-7-17-8(2)6-15(10)13(16)12-5-11(14)9(3)18-12/h5,8,10H,4,6-7,14H2,1-3H3. The Morgan fingerprint density at radius 2 is 2.39 bits per heavy atom. The van der Waals surface area contributed by atoms with Crippen LogP contribution in [0.1, 0.15) is 34.8 Å². The molecule has 1 amide bonds. The predicted octanol–water partition coefficient (Wildman–Crippen LogP) is 2.28. The number of hydrogen-bond donors (Lipinski definition) is 1. The van der Waals surface area contributed by atoms with Crippen LogP contribution in [0.2, 0.25) is 0 Å². The number of anilines is 1. The topological polar surface area (TPSA) is 55.6 Å². The summed E-state index contributed by atoms with van der Waals surface area (Å²) in [5.41, 5.74) is 6.52. The van der Waals surface area contributed by atoms with Gasteiger partial charge in [0, 0.05) is 17.1 Å². The van der Waals surface area contributed by atoms with Crippen molar-refractivity contribution in [2.24, 2.45) is 0 Å². The molecule has 1 aliphatic heterocycles. The molecule has 1 aromatic heterocycles. The maximum atomic E-state index is 12.5. The lowest BCUT2D eigenvalue weighted by molar-refractivity contribution is -0.0442. The zero-order valence-corrected chi connectivity index (χ0v) is 11.9. The van der Waals surface area contributed by atoms with Gasteiger partial charge in [0.05, 0.1) is 23.6 Å². The molecule has 5 heteroatoms. The Morgan fingerprint density at radius 1 is 1.67 bits per heavy atom. The first-order valence-electron chi connectivity index (χ1n) is 6.31. The van der Waals surface area contributed by atoms with Crippen molar-refractivity contribution in [2.45, 2.75) is 39.3 Å². The Kier molecular flexibility index (Phi) is 3.92. The second-order valence-corrected chi connectivity index (χ2v) is 6.04. The Balaban J connectivity index is 2.20. The molecule has 4 nitrogen and oxygen atoms in total. The van der Waals surface area contributed by atoms with Gasteiger partial charge in [-0.2, -0.15) is 0 Å². The molecule has 0 bridgehead atoms. The Hall–Kier alpha value is -1.07. The summed E-state index contributed by atoms with van der Waals surface area (Å²) in [4.78, 5) is 16.2. The molecule has 1 fully saturated rings. The fraction of sp³-hybridized carbons (Fsp3) is 0.615. The van der Waals surface area contributed by atoms with E-state index >= 15 is 0 Å². The van der Waals surface area contributed by atoms with E-state index in [9.17, 15) is 4.79 Å². The normalized spacial score (nSPS) is 24.3. The molecular formula is C13H20N2O2S. The molecule has 2 atom stereocenters. The molecule has 1 aliphatic rings. The van der Waals surface area contributed by atoms with Crippen molar-refractivity contribution < 1.29 is 9.53 Å². The molecule has 1 saturated heterocycles. The summed E-state index contributed by atoms with van der Waals surface area (Å²) >= 11 is 1.47. The number of ether oxygens (including phenoxy) is 1. The van der Waals surface area contributed by atoms with Gasteiger partial charge in [0.15, 0.2) is 0 Å². The van der Waals surface area contributed by atoms with Crippen LogP contribution >= 0.6 is 11.3 Å². The van der Waals surface area contributed by atoms with Crippen LogP contribution in [-0.2, 0) is 4.74 Å². The lowest BCUT2D eigenvalue weighted by Gasteiger charge is -2.38. The quantitative estimate of drug-likeness (QED) is 0.895. The van der Waals surface area contributed by atoms with E-state index in [-0.39, 0.29) is 18.1 Å². The van der Waals surface area contributed by atoms with E-state index in [0.717, 1.165) is 16.2 Å². The zero-order chi connectivity index (χ0) is 13.3. The Bertz CT molecular complexity index is 425. The summed E-state index contributed by atoms with van der Waals surface area (Å²) in [5, 5.41) is 0. The lowest BCUT2D eigenvalue weighted by Crippen LogP contribution is -2.51. The summed E-state index contributed by atoms with van der Waals surface area (Å²) in [7, 11) is 0. The monoisotopic (exact) mass is 268 g/mol. The minimum Gasteiger partial charge on any atom is -0.398 e. The van der Waals surface area contributed by atoms with Gasteiger partial charge in [0.1, 0.15) is 0 Å². The number of carbonyl (C=O) groups excluding carboxylic acids is 1. The lowest BCUT2D eigenvalue weighted by atomic mass is 10.1. The number of nitrogens with zero attached hydrogens (tertiary/aromatic N) is 1. The molecular weight excluding hydrogens is 248 g/mol. The smallest absolute Gasteiger partial charge is 0.264 e. The van der Waals surface area contributed by atoms with Gasteiger partial charge in [-0.25, -0.2) is 0 Å². The first kappa shape index (κ1) is 13.4. The molecule has 2 rings (SSSR count). The largest absolute Gasteiger partial charge is 0.398 e. The first-order valence-corrected chi connectivity index (χ1v) is 7.13. The van der Waals surface area contributed by atoms with Gasteiger partial charge in [-0.3, -0.25) is 4.79 Å². The van der Waals surface area contributed by atoms with Crippen LogP contribution in [0.15, 0.2) is 6.07 Å². The van der Waals surface area contributed by atoms with Crippen molar-refractivity contribution in [3.8, 4) is 0 Å². The second-order valence-electron chi connectivity index (χ2n) is 4.79. The molecule has 18 heavy (non-hydrogen) atoms. The zero-order valence-electron chi connectivity index (χ0n) is 11.1. The van der Waals surface area contributed by atoms with Crippen molar-refractivity contribution >= 4 is 22.9 Å². The first-order chi connectivity index (χ1) is 8.52. The van der Waals surface area contributed by atoms with Crippen LogP contribution in [0.4, 0.5) is 5.69 Å². The van der Waals surface area contributed by atoms with Crippen molar-refractivity contribution in [3.63, 3.8) is 0 Å². The second kappa shape index (κ2) is 5.28. The van der Waals surface area contributed by atoms with Crippen LogP contribution in [0.5, 0.6) is 0 Å². The molecule has 1 aromatic rings. The van der Waals surface area contributed by atoms with E-state index in [1.165, 1.54) is 11.3 Å². The minimum absolute atomic E-state index is 0.0850. The van der Waals surface area contributed by atoms with Crippen LogP contribution in [0.25, 0.3) is 0 Å². The van der Waals surface area contributed by atoms with Crippen LogP contribution in [-0.4, -0.2) is 36.1 Å². The number of rotatable bonds is 2. The maximum absolute atomic E-state index is 12.5. The van der Waals surface area contributed by atoms with Gasteiger partial charge in [-0.15, -0.1) is 11.3 Å². The molecule has 0 saturated carbocycles.